The van der Waals surface area contributed by atoms with Gasteiger partial charge in [0, 0.05) is 0 Å². The summed E-state index contributed by atoms with van der Waals surface area (Å²) in [5, 5.41) is 5.48. The Balaban J connectivity index is 0.000000206. The van der Waals surface area contributed by atoms with E-state index in [4.69, 9.17) is 0 Å². The summed E-state index contributed by atoms with van der Waals surface area (Å²) in [6.07, 6.45) is 0. The van der Waals surface area contributed by atoms with Crippen LogP contribution in [0.2, 0.25) is 0 Å². The second kappa shape index (κ2) is 17.7. The maximum atomic E-state index is 2.35. The number of fused-ring (bicyclic) bond motifs is 3. The summed E-state index contributed by atoms with van der Waals surface area (Å²) in [6, 6.07) is 52.5. The van der Waals surface area contributed by atoms with Gasteiger partial charge in [-0.3, -0.25) is 0 Å². The number of hydrogen-bond donors (Lipinski definition) is 0. The summed E-state index contributed by atoms with van der Waals surface area (Å²) in [5.41, 5.74) is 11.2. The zero-order chi connectivity index (χ0) is 34.5. The minimum absolute atomic E-state index is 0. The van der Waals surface area contributed by atoms with Gasteiger partial charge in [0.2, 0.25) is 0 Å². The van der Waals surface area contributed by atoms with E-state index in [-0.39, 0.29) is 35.6 Å². The molecule has 0 fully saturated rings. The van der Waals surface area contributed by atoms with Gasteiger partial charge in [0.1, 0.15) is 0 Å². The van der Waals surface area contributed by atoms with Gasteiger partial charge in [-0.2, -0.15) is 23.8 Å². The first kappa shape index (κ1) is 41.1. The molecule has 0 saturated carbocycles. The van der Waals surface area contributed by atoms with Crippen molar-refractivity contribution in [2.45, 2.75) is 66.2 Å². The number of benzene rings is 5. The van der Waals surface area contributed by atoms with Crippen molar-refractivity contribution in [1.29, 1.82) is 0 Å². The molecule has 7 aromatic carbocycles. The molecule has 7 aromatic rings. The van der Waals surface area contributed by atoms with Crippen molar-refractivity contribution in [3.63, 3.8) is 0 Å². The summed E-state index contributed by atoms with van der Waals surface area (Å²) in [6.45, 7) is 17.9. The number of hydrogen-bond acceptors (Lipinski definition) is 0. The van der Waals surface area contributed by atoms with Gasteiger partial charge in [0.15, 0.2) is 0 Å². The van der Waals surface area contributed by atoms with Gasteiger partial charge in [-0.15, -0.1) is 45.8 Å². The number of rotatable bonds is 3. The predicted molar refractivity (Wildman–Crippen MR) is 207 cm³/mol. The van der Waals surface area contributed by atoms with Crippen LogP contribution in [0.5, 0.6) is 0 Å². The SMILES string of the molecule is CC(C)(C)c1ccc2c(c1)[cH-]c1cc(C(C)(C)C)ccc12.Cc1cc(C)cc(-c2ccc[cH-]2)c1.[Cl-].[Cl-].[Hf+2]=[C](c1ccccc1)c1ccccc1. The summed E-state index contributed by atoms with van der Waals surface area (Å²) in [4.78, 5) is 0. The Morgan fingerprint density at radius 1 is 0.520 bits per heavy atom. The molecule has 3 heteroatoms. The van der Waals surface area contributed by atoms with Crippen LogP contribution in [0.25, 0.3) is 32.7 Å². The van der Waals surface area contributed by atoms with Crippen molar-refractivity contribution in [1.82, 2.24) is 0 Å². The minimum atomic E-state index is 0. The van der Waals surface area contributed by atoms with Gasteiger partial charge in [0.25, 0.3) is 0 Å². The van der Waals surface area contributed by atoms with Gasteiger partial charge >= 0.3 is 98.9 Å². The summed E-state index contributed by atoms with van der Waals surface area (Å²) in [5.74, 6) is 0. The maximum absolute atomic E-state index is 2.35. The average Bonchev–Trinajstić information content (AvgIpc) is 3.73. The average molecular weight is 862 g/mol. The summed E-state index contributed by atoms with van der Waals surface area (Å²) < 4.78 is 1.46. The second-order valence-corrected chi connectivity index (χ2v) is 16.7. The third kappa shape index (κ3) is 10.6. The Kier molecular flexibility index (Phi) is 14.6. The van der Waals surface area contributed by atoms with Crippen LogP contribution in [-0.4, -0.2) is 3.26 Å². The van der Waals surface area contributed by atoms with E-state index in [1.807, 2.05) is 0 Å². The van der Waals surface area contributed by atoms with E-state index in [0.29, 0.717) is 0 Å². The third-order valence-electron chi connectivity index (χ3n) is 8.78. The van der Waals surface area contributed by atoms with Gasteiger partial charge < -0.3 is 24.8 Å². The second-order valence-electron chi connectivity index (χ2n) is 14.9. The molecule has 0 nitrogen and oxygen atoms in total. The van der Waals surface area contributed by atoms with E-state index in [9.17, 15) is 0 Å². The predicted octanol–water partition coefficient (Wildman–Crippen LogP) is 6.81. The zero-order valence-corrected chi connectivity index (χ0v) is 35.7. The standard InChI is InChI=1S/C21H25.C13H13.C13H10.2ClH.Hf/c1-20(2,3)16-7-9-18-14(12-16)11-15-13-17(21(4,5)6)8-10-19(15)18;1-10-7-11(2)9-13(8-10)12-5-3-4-6-12;1-3-7-12(8-4-1)11-13-9-5-2-6-10-13;;;/h7-13H,1-6H3;3-9H,1-2H3;1-10H;2*1H;/q2*-1;;;;+2/p-2. The fraction of sp³-hybridized carbons (Fsp3) is 0.213. The number of aryl methyl sites for hydroxylation is 2. The molecule has 0 aromatic heterocycles. The Hall–Kier alpha value is -3.36. The fourth-order valence-electron chi connectivity index (χ4n) is 6.04. The van der Waals surface area contributed by atoms with Crippen LogP contribution in [0.1, 0.15) is 74.9 Å². The van der Waals surface area contributed by atoms with Crippen molar-refractivity contribution in [3.8, 4) is 11.1 Å². The molecule has 50 heavy (non-hydrogen) atoms. The van der Waals surface area contributed by atoms with E-state index in [1.165, 1.54) is 69.3 Å². The van der Waals surface area contributed by atoms with Crippen LogP contribution in [0.15, 0.2) is 146 Å². The monoisotopic (exact) mass is 862 g/mol. The first-order valence-electron chi connectivity index (χ1n) is 16.9. The topological polar surface area (TPSA) is 0 Å². The molecule has 0 atom stereocenters. The molecule has 0 spiro atoms. The van der Waals surface area contributed by atoms with Crippen LogP contribution in [0, 0.1) is 13.8 Å². The van der Waals surface area contributed by atoms with Gasteiger partial charge in [-0.05, 0) is 24.7 Å². The van der Waals surface area contributed by atoms with E-state index >= 15 is 0 Å². The molecular weight excluding hydrogens is 814 g/mol. The molecule has 0 unspecified atom stereocenters. The normalized spacial score (nSPS) is 11.0. The quantitative estimate of drug-likeness (QED) is 0.136. The van der Waals surface area contributed by atoms with E-state index in [1.54, 1.807) is 0 Å². The van der Waals surface area contributed by atoms with Crippen LogP contribution < -0.4 is 24.8 Å². The first-order valence-corrected chi connectivity index (χ1v) is 18.7. The van der Waals surface area contributed by atoms with Crippen LogP contribution in [0.3, 0.4) is 0 Å². The van der Waals surface area contributed by atoms with Crippen molar-refractivity contribution in [2.24, 2.45) is 0 Å². The van der Waals surface area contributed by atoms with Crippen LogP contribution in [0.4, 0.5) is 0 Å². The molecule has 0 aliphatic heterocycles. The van der Waals surface area contributed by atoms with Crippen molar-refractivity contribution in [2.75, 3.05) is 0 Å². The molecule has 0 N–H and O–H groups in total. The van der Waals surface area contributed by atoms with E-state index in [2.05, 4.69) is 201 Å². The Bertz CT molecular complexity index is 1970. The Morgan fingerprint density at radius 3 is 1.34 bits per heavy atom. The Labute approximate surface area is 327 Å². The summed E-state index contributed by atoms with van der Waals surface area (Å²) >= 11 is 1.08. The summed E-state index contributed by atoms with van der Waals surface area (Å²) in [7, 11) is 0. The van der Waals surface area contributed by atoms with Crippen molar-refractivity contribution < 1.29 is 48.7 Å². The van der Waals surface area contributed by atoms with Gasteiger partial charge in [-0.1, -0.05) is 112 Å². The molecule has 256 valence electrons. The van der Waals surface area contributed by atoms with Crippen LogP contribution >= 0.6 is 0 Å². The molecular formula is C47H48Cl2Hf-2. The molecule has 7 rings (SSSR count). The molecule has 0 heterocycles. The van der Waals surface area contributed by atoms with Gasteiger partial charge in [0.05, 0.1) is 0 Å². The number of halogens is 2. The zero-order valence-electron chi connectivity index (χ0n) is 30.6. The van der Waals surface area contributed by atoms with Crippen LogP contribution in [-0.2, 0) is 34.7 Å². The fourth-order valence-corrected chi connectivity index (χ4v) is 7.24. The molecule has 0 bridgehead atoms. The third-order valence-corrected chi connectivity index (χ3v) is 10.9. The first-order chi connectivity index (χ1) is 22.8. The molecule has 0 radical (unpaired) electrons. The molecule has 0 amide bonds. The molecule has 0 aliphatic rings. The van der Waals surface area contributed by atoms with E-state index < -0.39 is 0 Å². The van der Waals surface area contributed by atoms with Gasteiger partial charge in [-0.25, -0.2) is 0 Å². The Morgan fingerprint density at radius 2 is 0.960 bits per heavy atom. The van der Waals surface area contributed by atoms with Crippen molar-refractivity contribution >= 4 is 24.8 Å². The molecule has 0 saturated heterocycles. The molecule has 0 aliphatic carbocycles. The van der Waals surface area contributed by atoms with Crippen molar-refractivity contribution in [3.05, 3.63) is 179 Å². The van der Waals surface area contributed by atoms with E-state index in [0.717, 1.165) is 23.9 Å².